The number of nitrogens with zero attached hydrogens (tertiary/aromatic N) is 3. The van der Waals surface area contributed by atoms with Crippen LogP contribution in [-0.4, -0.2) is 9.88 Å². The summed E-state index contributed by atoms with van der Waals surface area (Å²) in [7, 11) is 9.63. The Balaban J connectivity index is 0.000000400. The Morgan fingerprint density at radius 3 is 1.87 bits per heavy atom. The molecule has 5 rings (SSSR count). The third-order valence-electron chi connectivity index (χ3n) is 6.67. The van der Waals surface area contributed by atoms with E-state index in [0.29, 0.717) is 11.8 Å². The van der Waals surface area contributed by atoms with Crippen LogP contribution in [0.1, 0.15) is 72.9 Å². The van der Waals surface area contributed by atoms with Gasteiger partial charge in [0.2, 0.25) is 0 Å². The zero-order valence-electron chi connectivity index (χ0n) is 23.7. The van der Waals surface area contributed by atoms with Crippen molar-refractivity contribution in [1.29, 1.82) is 0 Å². The van der Waals surface area contributed by atoms with Crippen molar-refractivity contribution in [1.82, 2.24) is 9.88 Å². The number of aromatic nitrogens is 1. The summed E-state index contributed by atoms with van der Waals surface area (Å²) >= 11 is -0.106. The van der Waals surface area contributed by atoms with E-state index in [0.717, 1.165) is 0 Å². The summed E-state index contributed by atoms with van der Waals surface area (Å²) in [5, 5.41) is 0. The van der Waals surface area contributed by atoms with Crippen LogP contribution in [0.5, 0.6) is 0 Å². The van der Waals surface area contributed by atoms with Crippen LogP contribution >= 0.6 is 19.1 Å². The topological polar surface area (TPSA) is 19.4 Å². The normalized spacial score (nSPS) is 13.9. The molecule has 0 fully saturated rings. The summed E-state index contributed by atoms with van der Waals surface area (Å²) in [6.07, 6.45) is 12.4. The molecule has 0 spiro atoms. The average molecular weight is 654 g/mol. The minimum Gasteiger partial charge on any atom is -0.265 e. The van der Waals surface area contributed by atoms with E-state index in [1.807, 2.05) is 18.2 Å². The van der Waals surface area contributed by atoms with Crippen molar-refractivity contribution in [2.45, 2.75) is 60.3 Å². The van der Waals surface area contributed by atoms with Crippen LogP contribution < -0.4 is 4.90 Å². The predicted molar refractivity (Wildman–Crippen MR) is 165 cm³/mol. The van der Waals surface area contributed by atoms with E-state index in [2.05, 4.69) is 125 Å². The van der Waals surface area contributed by atoms with Crippen molar-refractivity contribution in [3.05, 3.63) is 131 Å². The van der Waals surface area contributed by atoms with Crippen molar-refractivity contribution >= 4 is 30.4 Å². The summed E-state index contributed by atoms with van der Waals surface area (Å²) in [4.78, 5) is 8.46. The molecule has 39 heavy (non-hydrogen) atoms. The van der Waals surface area contributed by atoms with Gasteiger partial charge in [-0.25, -0.2) is 0 Å². The van der Waals surface area contributed by atoms with Crippen molar-refractivity contribution in [2.24, 2.45) is 0 Å². The molecule has 1 aromatic heterocycles. The van der Waals surface area contributed by atoms with Crippen LogP contribution in [0.3, 0.4) is 0 Å². The van der Waals surface area contributed by atoms with E-state index in [9.17, 15) is 0 Å². The van der Waals surface area contributed by atoms with Gasteiger partial charge in [-0.2, -0.15) is 0 Å². The molecule has 3 heterocycles. The molecule has 3 aromatic rings. The second-order valence-corrected chi connectivity index (χ2v) is 12.7. The molecule has 2 aliphatic heterocycles. The van der Waals surface area contributed by atoms with E-state index in [1.165, 1.54) is 50.5 Å². The van der Waals surface area contributed by atoms with Gasteiger partial charge in [-0.15, -0.1) is 6.67 Å². The van der Waals surface area contributed by atoms with Gasteiger partial charge >= 0.3 is 35.0 Å². The largest absolute Gasteiger partial charge is 0.265 e. The maximum atomic E-state index is 4.81. The Hall–Kier alpha value is -2.35. The fourth-order valence-electron chi connectivity index (χ4n) is 5.10. The molecular formula is C33H38Cl2N3Pd-. The minimum atomic E-state index is -0.106. The second-order valence-electron chi connectivity index (χ2n) is 10.3. The van der Waals surface area contributed by atoms with E-state index < -0.39 is 0 Å². The fourth-order valence-corrected chi connectivity index (χ4v) is 5.10. The smallest absolute Gasteiger partial charge is 0.0267 e. The third kappa shape index (κ3) is 7.86. The molecule has 3 nitrogen and oxygen atoms in total. The number of allylic oxidation sites excluding steroid dienone is 3. The van der Waals surface area contributed by atoms with Crippen molar-refractivity contribution in [3.8, 4) is 0 Å². The maximum absolute atomic E-state index is 4.81. The molecule has 0 radical (unpaired) electrons. The quantitative estimate of drug-likeness (QED) is 0.206. The van der Waals surface area contributed by atoms with Crippen LogP contribution in [-0.2, 0) is 15.9 Å². The number of anilines is 1. The molecule has 0 amide bonds. The van der Waals surface area contributed by atoms with Crippen LogP contribution in [0, 0.1) is 27.4 Å². The van der Waals surface area contributed by atoms with Gasteiger partial charge in [-0.3, -0.25) is 4.98 Å². The van der Waals surface area contributed by atoms with E-state index in [-0.39, 0.29) is 15.9 Å². The van der Waals surface area contributed by atoms with Gasteiger partial charge in [0.05, 0.1) is 0 Å². The molecule has 0 saturated carbocycles. The van der Waals surface area contributed by atoms with Gasteiger partial charge in [0.25, 0.3) is 0 Å². The Morgan fingerprint density at radius 2 is 1.41 bits per heavy atom. The summed E-state index contributed by atoms with van der Waals surface area (Å²) in [5.74, 6) is 0.936. The van der Waals surface area contributed by atoms with Crippen LogP contribution in [0.2, 0.25) is 0 Å². The Kier molecular flexibility index (Phi) is 11.9. The molecule has 0 N–H and O–H groups in total. The van der Waals surface area contributed by atoms with Gasteiger partial charge in [-0.1, -0.05) is 75.7 Å². The van der Waals surface area contributed by atoms with E-state index in [4.69, 9.17) is 19.1 Å². The van der Waals surface area contributed by atoms with Crippen LogP contribution in [0.15, 0.2) is 91.0 Å². The first-order valence-electron chi connectivity index (χ1n) is 13.1. The summed E-state index contributed by atoms with van der Waals surface area (Å²) in [6, 6.07) is 17.0. The molecule has 0 bridgehead atoms. The molecule has 0 atom stereocenters. The Bertz CT molecular complexity index is 1250. The summed E-state index contributed by atoms with van der Waals surface area (Å²) in [6.45, 7) is 18.0. The molecule has 6 heteroatoms. The van der Waals surface area contributed by atoms with E-state index in [1.54, 1.807) is 12.4 Å². The van der Waals surface area contributed by atoms with Gasteiger partial charge in [0, 0.05) is 35.0 Å². The number of hydrogen-bond donors (Lipinski definition) is 0. The number of benzene rings is 2. The monoisotopic (exact) mass is 652 g/mol. The summed E-state index contributed by atoms with van der Waals surface area (Å²) < 4.78 is 0. The van der Waals surface area contributed by atoms with Crippen molar-refractivity contribution in [3.63, 3.8) is 0 Å². The first kappa shape index (κ1) is 31.2. The van der Waals surface area contributed by atoms with Crippen molar-refractivity contribution in [2.75, 3.05) is 4.90 Å². The first-order chi connectivity index (χ1) is 18.7. The Labute approximate surface area is 251 Å². The predicted octanol–water partition coefficient (Wildman–Crippen LogP) is 10.0. The number of halogens is 2. The van der Waals surface area contributed by atoms with Gasteiger partial charge in [0.15, 0.2) is 0 Å². The maximum Gasteiger partial charge on any atom is 0.0267 e. The van der Waals surface area contributed by atoms with Gasteiger partial charge < -0.3 is 9.80 Å². The SMILES string of the molecule is Cc1cc(C)c(C2=CC=CC3=CN(c4c(C(C)C)cccc4C(C)C)[CH-]N32)c(C)c1.[Cl][Pd][Cl].c1ccncc1. The number of fused-ring (bicyclic) bond motifs is 1. The van der Waals surface area contributed by atoms with Crippen molar-refractivity contribution < 1.29 is 15.9 Å². The molecule has 2 aliphatic rings. The number of aryl methyl sites for hydroxylation is 3. The Morgan fingerprint density at radius 1 is 0.846 bits per heavy atom. The van der Waals surface area contributed by atoms with Crippen LogP contribution in [0.4, 0.5) is 5.69 Å². The molecule has 210 valence electrons. The molecule has 0 aliphatic carbocycles. The second kappa shape index (κ2) is 14.9. The van der Waals surface area contributed by atoms with Gasteiger partial charge in [0.1, 0.15) is 0 Å². The minimum absolute atomic E-state index is 0.106. The molecule has 0 unspecified atom stereocenters. The zero-order valence-corrected chi connectivity index (χ0v) is 26.8. The molecular weight excluding hydrogens is 616 g/mol. The number of pyridine rings is 1. The van der Waals surface area contributed by atoms with Gasteiger partial charge in [-0.05, 0) is 85.3 Å². The van der Waals surface area contributed by atoms with Crippen LogP contribution in [0.25, 0.3) is 5.70 Å². The van der Waals surface area contributed by atoms with E-state index >= 15 is 0 Å². The number of hydrogen-bond acceptors (Lipinski definition) is 3. The number of rotatable bonds is 4. The first-order valence-corrected chi connectivity index (χ1v) is 17.1. The third-order valence-corrected chi connectivity index (χ3v) is 6.67. The number of para-hydroxylation sites is 1. The standard InChI is InChI=1S/C28H33N2.C5H5N.2ClH.Pd/c1-18(2)24-11-9-12-25(19(3)4)28(24)29-16-23-10-8-13-26(30(23)17-29)27-21(6)14-20(5)15-22(27)7;1-2-4-6-5-3-1;;;/h8-19H,1-7H3;1-5H;2*1H;/q-1;;;;+2/p-2. The molecule has 2 aromatic carbocycles. The summed E-state index contributed by atoms with van der Waals surface area (Å²) in [5.41, 5.74) is 11.9. The average Bonchev–Trinajstić information content (AvgIpc) is 3.34. The zero-order chi connectivity index (χ0) is 28.5. The molecule has 0 saturated heterocycles. The fraction of sp³-hybridized carbons (Fsp3) is 0.273.